The lowest BCUT2D eigenvalue weighted by Gasteiger charge is -2.63. The second-order valence-corrected chi connectivity index (χ2v) is 11.9. The van der Waals surface area contributed by atoms with Crippen LogP contribution in [0, 0.1) is 22.7 Å². The van der Waals surface area contributed by atoms with Gasteiger partial charge in [0.15, 0.2) is 17.2 Å². The van der Waals surface area contributed by atoms with Crippen LogP contribution in [0.15, 0.2) is 29.0 Å². The molecule has 4 rings (SSSR count). The molecule has 6 atom stereocenters. The van der Waals surface area contributed by atoms with Crippen molar-refractivity contribution in [2.75, 3.05) is 0 Å². The van der Waals surface area contributed by atoms with Gasteiger partial charge in [0, 0.05) is 16.7 Å². The van der Waals surface area contributed by atoms with Crippen LogP contribution < -0.4 is 0 Å². The lowest BCUT2D eigenvalue weighted by Crippen LogP contribution is -2.75. The van der Waals surface area contributed by atoms with Crippen molar-refractivity contribution in [3.05, 3.63) is 45.7 Å². The van der Waals surface area contributed by atoms with Crippen LogP contribution in [0.5, 0.6) is 5.75 Å². The van der Waals surface area contributed by atoms with Crippen molar-refractivity contribution in [1.29, 1.82) is 0 Å². The number of Topliss-reactive ketones (excluding diaryl/α,β-unsaturated/α-hetero) is 3. The SMILES string of the molecule is CC(=O)C1=C(O)[C@]2(O)C(=O)C3=C(O)c4c(O)ccc(C(C)C)c4[C@@H](C)[C@]3(C)[C@@H](O)[C@]2(C)C(C(C)C)C1=O. The van der Waals surface area contributed by atoms with E-state index in [1.54, 1.807) is 33.8 Å². The van der Waals surface area contributed by atoms with E-state index in [4.69, 9.17) is 0 Å². The van der Waals surface area contributed by atoms with Crippen LogP contribution in [0.25, 0.3) is 5.76 Å². The van der Waals surface area contributed by atoms with Crippen molar-refractivity contribution in [1.82, 2.24) is 0 Å². The number of ketones is 3. The van der Waals surface area contributed by atoms with E-state index in [0.29, 0.717) is 5.56 Å². The van der Waals surface area contributed by atoms with Crippen LogP contribution in [-0.2, 0) is 14.4 Å². The molecule has 0 radical (unpaired) electrons. The summed E-state index contributed by atoms with van der Waals surface area (Å²) in [5.41, 5.74) is -5.99. The van der Waals surface area contributed by atoms with Gasteiger partial charge in [0.2, 0.25) is 5.78 Å². The summed E-state index contributed by atoms with van der Waals surface area (Å²) >= 11 is 0. The van der Waals surface area contributed by atoms with Gasteiger partial charge < -0.3 is 25.5 Å². The molecule has 0 saturated heterocycles. The Morgan fingerprint density at radius 2 is 1.59 bits per heavy atom. The van der Waals surface area contributed by atoms with E-state index in [1.807, 2.05) is 13.8 Å². The van der Waals surface area contributed by atoms with Crippen molar-refractivity contribution < 1.29 is 39.9 Å². The molecule has 0 amide bonds. The summed E-state index contributed by atoms with van der Waals surface area (Å²) in [7, 11) is 0. The molecule has 5 N–H and O–H groups in total. The quantitative estimate of drug-likeness (QED) is 0.383. The molecule has 200 valence electrons. The predicted molar refractivity (Wildman–Crippen MR) is 136 cm³/mol. The van der Waals surface area contributed by atoms with Gasteiger partial charge in [-0.25, -0.2) is 0 Å². The number of benzene rings is 1. The van der Waals surface area contributed by atoms with E-state index in [1.165, 1.54) is 13.0 Å². The van der Waals surface area contributed by atoms with Gasteiger partial charge in [-0.3, -0.25) is 14.4 Å². The molecule has 1 aromatic carbocycles. The number of carbonyl (C=O) groups is 3. The smallest absolute Gasteiger partial charge is 0.203 e. The predicted octanol–water partition coefficient (Wildman–Crippen LogP) is 3.85. The lowest BCUT2D eigenvalue weighted by molar-refractivity contribution is -0.215. The summed E-state index contributed by atoms with van der Waals surface area (Å²) in [6, 6.07) is 3.16. The van der Waals surface area contributed by atoms with E-state index in [0.717, 1.165) is 12.5 Å². The molecule has 3 aliphatic carbocycles. The molecule has 0 aliphatic heterocycles. The summed E-state index contributed by atoms with van der Waals surface area (Å²) in [5, 5.41) is 57.8. The monoisotopic (exact) mass is 512 g/mol. The van der Waals surface area contributed by atoms with Crippen molar-refractivity contribution in [2.24, 2.45) is 22.7 Å². The topological polar surface area (TPSA) is 152 Å². The molecule has 1 saturated carbocycles. The van der Waals surface area contributed by atoms with E-state index >= 15 is 0 Å². The van der Waals surface area contributed by atoms with Gasteiger partial charge in [-0.05, 0) is 41.9 Å². The van der Waals surface area contributed by atoms with Gasteiger partial charge in [0.25, 0.3) is 0 Å². The number of hydrogen-bond acceptors (Lipinski definition) is 8. The molecule has 8 nitrogen and oxygen atoms in total. The number of phenols is 1. The summed E-state index contributed by atoms with van der Waals surface area (Å²) in [6.45, 7) is 13.1. The first-order valence-electron chi connectivity index (χ1n) is 12.7. The first-order chi connectivity index (χ1) is 16.9. The highest BCUT2D eigenvalue weighted by Gasteiger charge is 2.77. The van der Waals surface area contributed by atoms with Gasteiger partial charge in [-0.2, -0.15) is 0 Å². The van der Waals surface area contributed by atoms with Crippen molar-refractivity contribution in [2.45, 2.75) is 78.9 Å². The van der Waals surface area contributed by atoms with Gasteiger partial charge in [0.05, 0.1) is 17.2 Å². The van der Waals surface area contributed by atoms with E-state index in [9.17, 15) is 39.9 Å². The van der Waals surface area contributed by atoms with Crippen LogP contribution in [0.1, 0.15) is 83.9 Å². The molecule has 1 aromatic rings. The highest BCUT2D eigenvalue weighted by molar-refractivity contribution is 6.24. The molecule has 0 aromatic heterocycles. The molecule has 8 heteroatoms. The third kappa shape index (κ3) is 2.88. The Morgan fingerprint density at radius 1 is 1.03 bits per heavy atom. The van der Waals surface area contributed by atoms with Crippen LogP contribution in [0.3, 0.4) is 0 Å². The van der Waals surface area contributed by atoms with Crippen molar-refractivity contribution >= 4 is 23.1 Å². The zero-order chi connectivity index (χ0) is 28.2. The molecule has 0 spiro atoms. The summed E-state index contributed by atoms with van der Waals surface area (Å²) in [5.74, 6) is -7.08. The van der Waals surface area contributed by atoms with Crippen LogP contribution in [0.2, 0.25) is 0 Å². The minimum Gasteiger partial charge on any atom is -0.508 e. The fourth-order valence-electron chi connectivity index (χ4n) is 7.53. The molecule has 0 heterocycles. The molecule has 3 aliphatic rings. The number of aliphatic hydroxyl groups excluding tert-OH is 3. The Balaban J connectivity index is 2.20. The Hall–Kier alpha value is -2.97. The molecular formula is C29H36O8. The van der Waals surface area contributed by atoms with Crippen molar-refractivity contribution in [3.63, 3.8) is 0 Å². The second-order valence-electron chi connectivity index (χ2n) is 11.9. The fourth-order valence-corrected chi connectivity index (χ4v) is 7.53. The minimum atomic E-state index is -2.87. The first kappa shape index (κ1) is 27.1. The maximum Gasteiger partial charge on any atom is 0.203 e. The van der Waals surface area contributed by atoms with Gasteiger partial charge >= 0.3 is 0 Å². The lowest BCUT2D eigenvalue weighted by atomic mass is 9.40. The molecule has 0 bridgehead atoms. The number of phenolic OH excluding ortho intramolecular Hbond substituents is 1. The number of fused-ring (bicyclic) bond motifs is 3. The van der Waals surface area contributed by atoms with Crippen LogP contribution in [0.4, 0.5) is 0 Å². The van der Waals surface area contributed by atoms with Gasteiger partial charge in [-0.1, -0.05) is 54.5 Å². The Labute approximate surface area is 216 Å². The van der Waals surface area contributed by atoms with Gasteiger partial charge in [-0.15, -0.1) is 0 Å². The third-order valence-electron chi connectivity index (χ3n) is 9.47. The maximum atomic E-state index is 14.3. The first-order valence-corrected chi connectivity index (χ1v) is 12.7. The average molecular weight is 513 g/mol. The molecule has 37 heavy (non-hydrogen) atoms. The second kappa shape index (κ2) is 8.01. The highest BCUT2D eigenvalue weighted by atomic mass is 16.4. The number of hydrogen-bond donors (Lipinski definition) is 5. The third-order valence-corrected chi connectivity index (χ3v) is 9.47. The van der Waals surface area contributed by atoms with E-state index in [2.05, 4.69) is 0 Å². The number of rotatable bonds is 3. The largest absolute Gasteiger partial charge is 0.508 e. The van der Waals surface area contributed by atoms with Gasteiger partial charge in [0.1, 0.15) is 22.8 Å². The van der Waals surface area contributed by atoms with E-state index < -0.39 is 74.7 Å². The number of allylic oxidation sites excluding steroid dienone is 1. The van der Waals surface area contributed by atoms with E-state index in [-0.39, 0.29) is 22.8 Å². The number of carbonyl (C=O) groups excluding carboxylic acids is 3. The summed E-state index contributed by atoms with van der Waals surface area (Å²) in [4.78, 5) is 40.4. The Morgan fingerprint density at radius 3 is 2.08 bits per heavy atom. The maximum absolute atomic E-state index is 14.3. The summed E-state index contributed by atoms with van der Waals surface area (Å²) < 4.78 is 0. The van der Waals surface area contributed by atoms with Crippen LogP contribution >= 0.6 is 0 Å². The zero-order valence-corrected chi connectivity index (χ0v) is 22.5. The number of aliphatic hydroxyl groups is 4. The van der Waals surface area contributed by atoms with Crippen LogP contribution in [-0.4, -0.2) is 54.6 Å². The number of aromatic hydroxyl groups is 1. The molecular weight excluding hydrogens is 476 g/mol. The van der Waals surface area contributed by atoms with Crippen molar-refractivity contribution in [3.8, 4) is 5.75 Å². The average Bonchev–Trinajstić information content (AvgIpc) is 2.78. The summed E-state index contributed by atoms with van der Waals surface area (Å²) in [6.07, 6.45) is -1.63. The Kier molecular flexibility index (Phi) is 5.86. The highest BCUT2D eigenvalue weighted by Crippen LogP contribution is 2.68. The molecule has 1 unspecified atom stereocenters. The normalized spacial score (nSPS) is 35.6. The minimum absolute atomic E-state index is 0.0246. The fraction of sp³-hybridized carbons (Fsp3) is 0.552. The zero-order valence-electron chi connectivity index (χ0n) is 22.5. The standard InChI is InChI=1S/C29H36O8/c1-11(2)15-9-10-16(31)19-17(15)13(5)27(7)21(23(19)33)25(35)29(37)24(34)18(14(6)30)22(32)20(12(3)4)28(29,8)26(27)36/h9-13,20,26,31,33-34,36-37H,1-8H3/t13-,20?,26-,27+,28+,29+/m1/s1. The molecule has 1 fully saturated rings. The Bertz CT molecular complexity index is 1320.